The van der Waals surface area contributed by atoms with Gasteiger partial charge in [0.2, 0.25) is 0 Å². The van der Waals surface area contributed by atoms with E-state index in [-0.39, 0.29) is 18.0 Å². The van der Waals surface area contributed by atoms with Crippen LogP contribution in [0.4, 0.5) is 10.5 Å². The van der Waals surface area contributed by atoms with Crippen molar-refractivity contribution in [2.24, 2.45) is 0 Å². The minimum atomic E-state index is -0.284. The lowest BCUT2D eigenvalue weighted by Crippen LogP contribution is -2.53. The molecule has 2 aliphatic heterocycles. The molecule has 0 aromatic heterocycles. The molecule has 1 aliphatic carbocycles. The summed E-state index contributed by atoms with van der Waals surface area (Å²) in [6.07, 6.45) is 7.99. The van der Waals surface area contributed by atoms with E-state index in [1.54, 1.807) is 4.90 Å². The van der Waals surface area contributed by atoms with Gasteiger partial charge in [0.25, 0.3) is 5.91 Å². The Morgan fingerprint density at radius 1 is 1.00 bits per heavy atom. The Hall–Kier alpha value is -2.12. The van der Waals surface area contributed by atoms with E-state index in [4.69, 9.17) is 4.74 Å². The van der Waals surface area contributed by atoms with Gasteiger partial charge in [-0.2, -0.15) is 0 Å². The Morgan fingerprint density at radius 3 is 2.42 bits per heavy atom. The molecule has 4 rings (SSSR count). The van der Waals surface area contributed by atoms with E-state index in [2.05, 4.69) is 23.3 Å². The summed E-state index contributed by atoms with van der Waals surface area (Å²) in [5.74, 6) is 0.0775. The van der Waals surface area contributed by atoms with Gasteiger partial charge >= 0.3 is 6.03 Å². The summed E-state index contributed by atoms with van der Waals surface area (Å²) >= 11 is 0. The third kappa shape index (κ3) is 5.57. The number of anilines is 1. The molecular weight excluding hydrogens is 392 g/mol. The summed E-state index contributed by atoms with van der Waals surface area (Å²) in [7, 11) is 2.19. The number of nitrogens with one attached hydrogen (secondary N) is 1. The van der Waals surface area contributed by atoms with Crippen LogP contribution in [0, 0.1) is 0 Å². The topological polar surface area (TPSA) is 65.1 Å². The van der Waals surface area contributed by atoms with Crippen molar-refractivity contribution < 1.29 is 14.3 Å². The summed E-state index contributed by atoms with van der Waals surface area (Å²) in [4.78, 5) is 31.5. The highest BCUT2D eigenvalue weighted by Gasteiger charge is 2.31. The molecule has 0 bridgehead atoms. The number of ether oxygens (including phenoxy) is 1. The lowest BCUT2D eigenvalue weighted by atomic mass is 9.94. The quantitative estimate of drug-likeness (QED) is 0.782. The van der Waals surface area contributed by atoms with Crippen molar-refractivity contribution in [3.8, 4) is 0 Å². The first kappa shape index (κ1) is 22.1. The molecule has 7 nitrogen and oxygen atoms in total. The van der Waals surface area contributed by atoms with Gasteiger partial charge in [-0.1, -0.05) is 37.5 Å². The summed E-state index contributed by atoms with van der Waals surface area (Å²) in [5, 5.41) is 3.12. The van der Waals surface area contributed by atoms with Gasteiger partial charge in [0.1, 0.15) is 6.10 Å². The van der Waals surface area contributed by atoms with E-state index >= 15 is 0 Å². The molecule has 0 spiro atoms. The fraction of sp³-hybridized carbons (Fsp3) is 0.667. The summed E-state index contributed by atoms with van der Waals surface area (Å²) in [5.41, 5.74) is 2.03. The molecule has 3 amide bonds. The first-order valence-corrected chi connectivity index (χ1v) is 11.9. The Bertz CT molecular complexity index is 751. The van der Waals surface area contributed by atoms with Gasteiger partial charge in [-0.3, -0.25) is 9.69 Å². The number of piperazine rings is 1. The molecule has 7 heteroatoms. The second-order valence-electron chi connectivity index (χ2n) is 9.11. The molecule has 0 radical (unpaired) electrons. The summed E-state index contributed by atoms with van der Waals surface area (Å²) in [6.45, 7) is 3.75. The molecule has 3 aliphatic rings. The second-order valence-corrected chi connectivity index (χ2v) is 9.11. The molecule has 2 saturated heterocycles. The van der Waals surface area contributed by atoms with Gasteiger partial charge in [0.15, 0.2) is 0 Å². The normalized spacial score (nSPS) is 22.7. The Kier molecular flexibility index (Phi) is 7.45. The van der Waals surface area contributed by atoms with Gasteiger partial charge in [-0.25, -0.2) is 4.79 Å². The molecule has 170 valence electrons. The minimum absolute atomic E-state index is 0.0775. The Labute approximate surface area is 185 Å². The van der Waals surface area contributed by atoms with Crippen molar-refractivity contribution in [1.82, 2.24) is 14.7 Å². The van der Waals surface area contributed by atoms with Crippen molar-refractivity contribution >= 4 is 17.6 Å². The monoisotopic (exact) mass is 428 g/mol. The van der Waals surface area contributed by atoms with Crippen molar-refractivity contribution in [2.75, 3.05) is 45.2 Å². The zero-order chi connectivity index (χ0) is 21.6. The van der Waals surface area contributed by atoms with Crippen molar-refractivity contribution in [1.29, 1.82) is 0 Å². The molecule has 2 heterocycles. The number of nitrogens with zero attached hydrogens (tertiary/aromatic N) is 3. The number of urea groups is 1. The van der Waals surface area contributed by atoms with E-state index in [1.807, 2.05) is 23.1 Å². The predicted octanol–water partition coefficient (Wildman–Crippen LogP) is 3.31. The molecular formula is C24H36N4O3. The van der Waals surface area contributed by atoms with Crippen LogP contribution in [0.15, 0.2) is 24.3 Å². The first-order chi connectivity index (χ1) is 15.1. The van der Waals surface area contributed by atoms with Crippen LogP contribution < -0.4 is 5.32 Å². The highest BCUT2D eigenvalue weighted by atomic mass is 16.5. The number of hydrogen-bond donors (Lipinski definition) is 1. The SMILES string of the molecule is CN(Cc1ccccc1NC(=O)N1CCN(C(=O)C2CCCO2)CC1)C1CCCCC1. The highest BCUT2D eigenvalue weighted by Crippen LogP contribution is 2.25. The number of amides is 3. The van der Waals surface area contributed by atoms with E-state index in [0.29, 0.717) is 38.8 Å². The van der Waals surface area contributed by atoms with Crippen LogP contribution in [0.5, 0.6) is 0 Å². The Balaban J connectivity index is 1.30. The predicted molar refractivity (Wildman–Crippen MR) is 121 cm³/mol. The molecule has 1 unspecified atom stereocenters. The maximum atomic E-state index is 12.9. The van der Waals surface area contributed by atoms with Gasteiger partial charge in [0.05, 0.1) is 0 Å². The number of para-hydroxylation sites is 1. The summed E-state index contributed by atoms with van der Waals surface area (Å²) < 4.78 is 5.52. The van der Waals surface area contributed by atoms with Crippen LogP contribution in [-0.4, -0.2) is 78.6 Å². The van der Waals surface area contributed by atoms with E-state index in [1.165, 1.54) is 32.1 Å². The molecule has 1 aromatic carbocycles. The van der Waals surface area contributed by atoms with Crippen LogP contribution in [-0.2, 0) is 16.1 Å². The fourth-order valence-corrected chi connectivity index (χ4v) is 5.00. The third-order valence-corrected chi connectivity index (χ3v) is 6.96. The number of carbonyl (C=O) groups is 2. The number of hydrogen-bond acceptors (Lipinski definition) is 4. The van der Waals surface area contributed by atoms with Crippen LogP contribution in [0.3, 0.4) is 0 Å². The van der Waals surface area contributed by atoms with Crippen LogP contribution in [0.1, 0.15) is 50.5 Å². The zero-order valence-corrected chi connectivity index (χ0v) is 18.7. The summed E-state index contributed by atoms with van der Waals surface area (Å²) in [6, 6.07) is 8.64. The largest absolute Gasteiger partial charge is 0.368 e. The number of benzene rings is 1. The fourth-order valence-electron chi connectivity index (χ4n) is 5.00. The average molecular weight is 429 g/mol. The molecule has 1 atom stereocenters. The lowest BCUT2D eigenvalue weighted by Gasteiger charge is -2.36. The van der Waals surface area contributed by atoms with Gasteiger partial charge in [0, 0.05) is 51.1 Å². The second kappa shape index (κ2) is 10.5. The van der Waals surface area contributed by atoms with E-state index in [0.717, 1.165) is 30.6 Å². The number of rotatable bonds is 5. The maximum Gasteiger partial charge on any atom is 0.321 e. The van der Waals surface area contributed by atoms with Crippen LogP contribution >= 0.6 is 0 Å². The minimum Gasteiger partial charge on any atom is -0.368 e. The maximum absolute atomic E-state index is 12.9. The van der Waals surface area contributed by atoms with Gasteiger partial charge in [-0.05, 0) is 44.4 Å². The smallest absolute Gasteiger partial charge is 0.321 e. The van der Waals surface area contributed by atoms with Crippen LogP contribution in [0.2, 0.25) is 0 Å². The zero-order valence-electron chi connectivity index (χ0n) is 18.7. The Morgan fingerprint density at radius 2 is 1.71 bits per heavy atom. The molecule has 3 fully saturated rings. The van der Waals surface area contributed by atoms with Crippen molar-refractivity contribution in [2.45, 2.75) is 63.6 Å². The molecule has 31 heavy (non-hydrogen) atoms. The van der Waals surface area contributed by atoms with Crippen molar-refractivity contribution in [3.63, 3.8) is 0 Å². The molecule has 1 N–H and O–H groups in total. The molecule has 1 aromatic rings. The third-order valence-electron chi connectivity index (χ3n) is 6.96. The van der Waals surface area contributed by atoms with Gasteiger partial charge < -0.3 is 19.9 Å². The average Bonchev–Trinajstić information content (AvgIpc) is 3.35. The van der Waals surface area contributed by atoms with E-state index in [9.17, 15) is 9.59 Å². The van der Waals surface area contributed by atoms with Gasteiger partial charge in [-0.15, -0.1) is 0 Å². The first-order valence-electron chi connectivity index (χ1n) is 11.9. The lowest BCUT2D eigenvalue weighted by molar-refractivity contribution is -0.142. The molecule has 1 saturated carbocycles. The standard InChI is InChI=1S/C24H36N4O3/c1-26(20-9-3-2-4-10-20)18-19-8-5-6-11-21(19)25-24(30)28-15-13-27(14-16-28)23(29)22-12-7-17-31-22/h5-6,8,11,20,22H,2-4,7,9-10,12-18H2,1H3,(H,25,30). The number of carbonyl (C=O) groups excluding carboxylic acids is 2. The van der Waals surface area contributed by atoms with Crippen molar-refractivity contribution in [3.05, 3.63) is 29.8 Å². The van der Waals surface area contributed by atoms with Crippen LogP contribution in [0.25, 0.3) is 0 Å². The highest BCUT2D eigenvalue weighted by molar-refractivity contribution is 5.90. The van der Waals surface area contributed by atoms with E-state index < -0.39 is 0 Å².